The maximum Gasteiger partial charge on any atom is 0.267 e. The molecule has 0 aromatic carbocycles. The summed E-state index contributed by atoms with van der Waals surface area (Å²) in [5.41, 5.74) is 0. The van der Waals surface area contributed by atoms with Gasteiger partial charge in [0.05, 0.1) is 17.9 Å². The highest BCUT2D eigenvalue weighted by Gasteiger charge is 2.24. The van der Waals surface area contributed by atoms with Crippen LogP contribution in [-0.4, -0.2) is 41.9 Å². The predicted molar refractivity (Wildman–Crippen MR) is 189 cm³/mol. The molecule has 0 rings (SSSR count). The van der Waals surface area contributed by atoms with E-state index in [0.29, 0.717) is 6.42 Å². The minimum absolute atomic E-state index is 0.288. The molecule has 1 amide bonds. The zero-order valence-electron chi connectivity index (χ0n) is 28.8. The molecule has 0 bridgehead atoms. The normalized spacial score (nSPS) is 13.6. The Labute approximate surface area is 273 Å². The molecule has 0 aromatic rings. The first-order valence-electron chi connectivity index (χ1n) is 18.5. The number of aliphatic hydroxyl groups is 1. The summed E-state index contributed by atoms with van der Waals surface area (Å²) in [6, 6.07) is -1.07. The number of hydrogen-bond acceptors (Lipinski definition) is 4. The highest BCUT2D eigenvalue weighted by molar-refractivity contribution is 7.85. The van der Waals surface area contributed by atoms with Crippen molar-refractivity contribution in [2.24, 2.45) is 0 Å². The largest absolute Gasteiger partial charge is 0.387 e. The van der Waals surface area contributed by atoms with Crippen molar-refractivity contribution in [2.75, 3.05) is 5.75 Å². The quantitative estimate of drug-likeness (QED) is 0.0376. The third kappa shape index (κ3) is 32.2. The Morgan fingerprint density at radius 2 is 0.977 bits per heavy atom. The Morgan fingerprint density at radius 3 is 1.43 bits per heavy atom. The summed E-state index contributed by atoms with van der Waals surface area (Å²) in [5.74, 6) is -0.995. The van der Waals surface area contributed by atoms with Crippen molar-refractivity contribution < 1.29 is 22.9 Å². The van der Waals surface area contributed by atoms with Crippen LogP contribution in [0.15, 0.2) is 24.3 Å². The molecule has 0 aliphatic carbocycles. The van der Waals surface area contributed by atoms with E-state index in [1.165, 1.54) is 134 Å². The molecule has 6 nitrogen and oxygen atoms in total. The summed E-state index contributed by atoms with van der Waals surface area (Å²) < 4.78 is 32.3. The first kappa shape index (κ1) is 42.8. The predicted octanol–water partition coefficient (Wildman–Crippen LogP) is 10.4. The molecule has 0 spiro atoms. The van der Waals surface area contributed by atoms with E-state index < -0.39 is 28.0 Å². The van der Waals surface area contributed by atoms with Crippen molar-refractivity contribution >= 4 is 16.0 Å². The Morgan fingerprint density at radius 1 is 0.591 bits per heavy atom. The number of allylic oxidation sites excluding steroid dienone is 3. The van der Waals surface area contributed by atoms with Crippen LogP contribution >= 0.6 is 0 Å². The number of carbonyl (C=O) groups is 1. The van der Waals surface area contributed by atoms with Crippen LogP contribution < -0.4 is 5.32 Å². The van der Waals surface area contributed by atoms with Gasteiger partial charge in [0, 0.05) is 6.42 Å². The second-order valence-electron chi connectivity index (χ2n) is 12.9. The van der Waals surface area contributed by atoms with E-state index in [9.17, 15) is 22.9 Å². The van der Waals surface area contributed by atoms with Crippen LogP contribution in [0.1, 0.15) is 187 Å². The lowest BCUT2D eigenvalue weighted by molar-refractivity contribution is -0.122. The summed E-state index contributed by atoms with van der Waals surface area (Å²) >= 11 is 0. The van der Waals surface area contributed by atoms with Gasteiger partial charge >= 0.3 is 0 Å². The number of nitrogens with one attached hydrogen (secondary N) is 1. The van der Waals surface area contributed by atoms with E-state index in [2.05, 4.69) is 31.3 Å². The molecule has 0 fully saturated rings. The van der Waals surface area contributed by atoms with Gasteiger partial charge in [-0.15, -0.1) is 0 Å². The zero-order valence-corrected chi connectivity index (χ0v) is 29.6. The van der Waals surface area contributed by atoms with E-state index in [4.69, 9.17) is 0 Å². The lowest BCUT2D eigenvalue weighted by Crippen LogP contribution is -2.46. The van der Waals surface area contributed by atoms with Crippen molar-refractivity contribution in [1.29, 1.82) is 0 Å². The summed E-state index contributed by atoms with van der Waals surface area (Å²) in [6.45, 7) is 4.48. The molecular formula is C37H71NO5S. The molecule has 3 N–H and O–H groups in total. The van der Waals surface area contributed by atoms with Gasteiger partial charge in [0.25, 0.3) is 10.1 Å². The third-order valence-corrected chi connectivity index (χ3v) is 9.16. The van der Waals surface area contributed by atoms with Crippen molar-refractivity contribution in [3.63, 3.8) is 0 Å². The van der Waals surface area contributed by atoms with Gasteiger partial charge in [0.15, 0.2) is 0 Å². The van der Waals surface area contributed by atoms with Gasteiger partial charge in [-0.3, -0.25) is 9.35 Å². The van der Waals surface area contributed by atoms with Crippen molar-refractivity contribution in [3.8, 4) is 0 Å². The fourth-order valence-electron chi connectivity index (χ4n) is 5.58. The van der Waals surface area contributed by atoms with Crippen molar-refractivity contribution in [3.05, 3.63) is 24.3 Å². The van der Waals surface area contributed by atoms with Gasteiger partial charge in [0.2, 0.25) is 5.91 Å². The smallest absolute Gasteiger partial charge is 0.267 e. The molecule has 0 aliphatic rings. The van der Waals surface area contributed by atoms with Gasteiger partial charge in [-0.2, -0.15) is 8.42 Å². The first-order valence-corrected chi connectivity index (χ1v) is 20.1. The van der Waals surface area contributed by atoms with Crippen molar-refractivity contribution in [2.45, 2.75) is 199 Å². The summed E-state index contributed by atoms with van der Waals surface area (Å²) in [6.07, 6.45) is 38.8. The molecule has 0 aromatic heterocycles. The number of unbranched alkanes of at least 4 members (excludes halogenated alkanes) is 23. The van der Waals surface area contributed by atoms with Crippen molar-refractivity contribution in [1.82, 2.24) is 5.32 Å². The second kappa shape index (κ2) is 31.8. The molecule has 2 unspecified atom stereocenters. The molecule has 0 aliphatic heterocycles. The molecule has 0 saturated carbocycles. The van der Waals surface area contributed by atoms with Gasteiger partial charge in [-0.1, -0.05) is 173 Å². The highest BCUT2D eigenvalue weighted by Crippen LogP contribution is 2.15. The van der Waals surface area contributed by atoms with Crippen LogP contribution in [0, 0.1) is 0 Å². The van der Waals surface area contributed by atoms with E-state index in [1.807, 2.05) is 0 Å². The number of hydrogen-bond donors (Lipinski definition) is 3. The van der Waals surface area contributed by atoms with Crippen LogP contribution in [0.3, 0.4) is 0 Å². The van der Waals surface area contributed by atoms with E-state index in [1.54, 1.807) is 6.08 Å². The van der Waals surface area contributed by atoms with Gasteiger partial charge in [-0.25, -0.2) is 0 Å². The Bertz CT molecular complexity index is 796. The monoisotopic (exact) mass is 642 g/mol. The van der Waals surface area contributed by atoms with Gasteiger partial charge < -0.3 is 10.4 Å². The minimum atomic E-state index is -4.34. The molecular weight excluding hydrogens is 570 g/mol. The Balaban J connectivity index is 3.93. The number of carbonyl (C=O) groups excluding carboxylic acids is 1. The summed E-state index contributed by atoms with van der Waals surface area (Å²) in [7, 11) is -4.34. The highest BCUT2D eigenvalue weighted by atomic mass is 32.2. The number of rotatable bonds is 33. The van der Waals surface area contributed by atoms with E-state index in [0.717, 1.165) is 38.5 Å². The average Bonchev–Trinajstić information content (AvgIpc) is 2.98. The maximum absolute atomic E-state index is 12.4. The standard InChI is InChI=1S/C37H71NO5S/c1-3-5-7-9-11-13-15-16-17-18-19-20-21-23-25-27-29-31-33-37(40)38-35(34-44(41,42)43)36(39)32-30-28-26-24-22-14-12-10-8-6-4-2/h22,24,30,32,35-36,39H,3-21,23,25-29,31,33-34H2,1-2H3,(H,38,40)(H,41,42,43)/b24-22+,32-30+. The molecule has 2 atom stereocenters. The maximum atomic E-state index is 12.4. The second-order valence-corrected chi connectivity index (χ2v) is 14.4. The Kier molecular flexibility index (Phi) is 30.9. The molecule has 0 saturated heterocycles. The van der Waals surface area contributed by atoms with E-state index in [-0.39, 0.29) is 5.91 Å². The minimum Gasteiger partial charge on any atom is -0.387 e. The summed E-state index contributed by atoms with van der Waals surface area (Å²) in [4.78, 5) is 12.4. The molecule has 0 heterocycles. The lowest BCUT2D eigenvalue weighted by Gasteiger charge is -2.21. The van der Waals surface area contributed by atoms with Crippen LogP contribution in [-0.2, 0) is 14.9 Å². The number of amides is 1. The molecule has 0 radical (unpaired) electrons. The average molecular weight is 642 g/mol. The fraction of sp³-hybridized carbons (Fsp3) is 0.865. The molecule has 44 heavy (non-hydrogen) atoms. The fourth-order valence-corrected chi connectivity index (χ4v) is 6.32. The lowest BCUT2D eigenvalue weighted by atomic mass is 10.0. The Hall–Kier alpha value is -1.18. The summed E-state index contributed by atoms with van der Waals surface area (Å²) in [5, 5.41) is 13.1. The zero-order chi connectivity index (χ0) is 32.6. The number of aliphatic hydroxyl groups excluding tert-OH is 1. The van der Waals surface area contributed by atoms with Crippen LogP contribution in [0.2, 0.25) is 0 Å². The SMILES string of the molecule is CCCCCCC/C=C/CC/C=C/C(O)C(CS(=O)(=O)O)NC(=O)CCCCCCCCCCCCCCCCCCCC. The van der Waals surface area contributed by atoms with Crippen LogP contribution in [0.4, 0.5) is 0 Å². The van der Waals surface area contributed by atoms with Crippen LogP contribution in [0.5, 0.6) is 0 Å². The third-order valence-electron chi connectivity index (χ3n) is 8.38. The topological polar surface area (TPSA) is 104 Å². The van der Waals surface area contributed by atoms with E-state index >= 15 is 0 Å². The molecule has 7 heteroatoms. The molecule has 260 valence electrons. The first-order chi connectivity index (χ1) is 21.3. The van der Waals surface area contributed by atoms with Gasteiger partial charge in [0.1, 0.15) is 0 Å². The van der Waals surface area contributed by atoms with Crippen LogP contribution in [0.25, 0.3) is 0 Å². The van der Waals surface area contributed by atoms with Gasteiger partial charge in [-0.05, 0) is 32.1 Å².